The molecule has 128 valence electrons. The van der Waals surface area contributed by atoms with Gasteiger partial charge in [0.2, 0.25) is 5.91 Å². The molecule has 1 saturated heterocycles. The highest BCUT2D eigenvalue weighted by Gasteiger charge is 2.46. The van der Waals surface area contributed by atoms with E-state index in [1.165, 1.54) is 13.8 Å². The summed E-state index contributed by atoms with van der Waals surface area (Å²) in [5, 5.41) is 52.3. The molecule has 0 aromatic heterocycles. The van der Waals surface area contributed by atoms with Crippen molar-refractivity contribution in [3.63, 3.8) is 0 Å². The van der Waals surface area contributed by atoms with Gasteiger partial charge in [0.25, 0.3) is 0 Å². The lowest BCUT2D eigenvalue weighted by Gasteiger charge is -2.43. The van der Waals surface area contributed by atoms with Gasteiger partial charge in [0.15, 0.2) is 0 Å². The standard InChI is InChI=1S/C12H22N2O8/c1-4(16)7(12(20)21)14-11-8(13-5(2)17)10(19)9(18)6(3-15)22-11/h4,6-11,14-16,18-19H,3H2,1-2H3,(H,13,17)(H,20,21)/t4-,6-,7+,8-,9-,10-,11?/m1/s1. The summed E-state index contributed by atoms with van der Waals surface area (Å²) in [6.45, 7) is 1.81. The number of carboxylic acid groups (broad SMARTS) is 1. The number of hydrogen-bond acceptors (Lipinski definition) is 8. The van der Waals surface area contributed by atoms with Crippen LogP contribution in [0.4, 0.5) is 0 Å². The first-order valence-corrected chi connectivity index (χ1v) is 6.75. The van der Waals surface area contributed by atoms with Crippen molar-refractivity contribution in [3.05, 3.63) is 0 Å². The lowest BCUT2D eigenvalue weighted by molar-refractivity contribution is -0.206. The molecule has 7 N–H and O–H groups in total. The average Bonchev–Trinajstić information content (AvgIpc) is 2.41. The predicted octanol–water partition coefficient (Wildman–Crippen LogP) is -3.65. The molecule has 1 amide bonds. The second kappa shape index (κ2) is 7.81. The van der Waals surface area contributed by atoms with Crippen molar-refractivity contribution >= 4 is 11.9 Å². The molecule has 0 aromatic carbocycles. The third kappa shape index (κ3) is 4.35. The molecule has 10 heteroatoms. The Kier molecular flexibility index (Phi) is 6.66. The zero-order chi connectivity index (χ0) is 17.0. The van der Waals surface area contributed by atoms with E-state index >= 15 is 0 Å². The fourth-order valence-electron chi connectivity index (χ4n) is 2.25. The van der Waals surface area contributed by atoms with Gasteiger partial charge in [-0.15, -0.1) is 0 Å². The minimum Gasteiger partial charge on any atom is -0.480 e. The maximum atomic E-state index is 11.2. The van der Waals surface area contributed by atoms with Gasteiger partial charge >= 0.3 is 5.97 Å². The number of aliphatic hydroxyl groups excluding tert-OH is 4. The normalized spacial score (nSPS) is 34.7. The van der Waals surface area contributed by atoms with E-state index in [2.05, 4.69) is 10.6 Å². The molecule has 7 atom stereocenters. The SMILES string of the molecule is CC(=O)N[C@H]1C(N[C@H](C(=O)O)[C@@H](C)O)O[C@H](CO)[C@@H](O)[C@@H]1O. The minimum atomic E-state index is -1.49. The third-order valence-electron chi connectivity index (χ3n) is 3.39. The Labute approximate surface area is 126 Å². The molecule has 1 fully saturated rings. The number of aliphatic carboxylic acids is 1. The first-order valence-electron chi connectivity index (χ1n) is 6.75. The summed E-state index contributed by atoms with van der Waals surface area (Å²) >= 11 is 0. The summed E-state index contributed by atoms with van der Waals surface area (Å²) in [6, 6.07) is -2.58. The van der Waals surface area contributed by atoms with Gasteiger partial charge < -0.3 is 35.6 Å². The Bertz CT molecular complexity index is 405. The van der Waals surface area contributed by atoms with Crippen molar-refractivity contribution in [3.8, 4) is 0 Å². The monoisotopic (exact) mass is 322 g/mol. The Morgan fingerprint density at radius 2 is 1.86 bits per heavy atom. The number of carbonyl (C=O) groups excluding carboxylic acids is 1. The van der Waals surface area contributed by atoms with E-state index in [-0.39, 0.29) is 0 Å². The van der Waals surface area contributed by atoms with Gasteiger partial charge in [-0.25, -0.2) is 0 Å². The quantitative estimate of drug-likeness (QED) is 0.261. The zero-order valence-electron chi connectivity index (χ0n) is 12.2. The van der Waals surface area contributed by atoms with E-state index in [1.807, 2.05) is 0 Å². The van der Waals surface area contributed by atoms with Crippen molar-refractivity contribution in [2.45, 2.75) is 56.6 Å². The largest absolute Gasteiger partial charge is 0.480 e. The molecule has 0 aliphatic carbocycles. The van der Waals surface area contributed by atoms with Crippen LogP contribution in [-0.2, 0) is 14.3 Å². The fourth-order valence-corrected chi connectivity index (χ4v) is 2.25. The van der Waals surface area contributed by atoms with Crippen LogP contribution < -0.4 is 10.6 Å². The first-order chi connectivity index (χ1) is 10.2. The molecule has 22 heavy (non-hydrogen) atoms. The van der Waals surface area contributed by atoms with Crippen molar-refractivity contribution in [1.82, 2.24) is 10.6 Å². The summed E-state index contributed by atoms with van der Waals surface area (Å²) in [7, 11) is 0. The average molecular weight is 322 g/mol. The summed E-state index contributed by atoms with van der Waals surface area (Å²) in [5.41, 5.74) is 0. The van der Waals surface area contributed by atoms with Gasteiger partial charge in [0.1, 0.15) is 30.6 Å². The molecule has 0 spiro atoms. The van der Waals surface area contributed by atoms with Gasteiger partial charge in [-0.2, -0.15) is 0 Å². The molecular formula is C12H22N2O8. The molecule has 0 radical (unpaired) electrons. The molecule has 1 rings (SSSR count). The van der Waals surface area contributed by atoms with E-state index in [1.54, 1.807) is 0 Å². The second-order valence-corrected chi connectivity index (χ2v) is 5.21. The Balaban J connectivity index is 2.98. The van der Waals surface area contributed by atoms with Gasteiger partial charge in [-0.05, 0) is 6.92 Å². The topological polar surface area (TPSA) is 169 Å². The summed E-state index contributed by atoms with van der Waals surface area (Å²) in [5.74, 6) is -1.89. The molecule has 1 aliphatic heterocycles. The van der Waals surface area contributed by atoms with Crippen LogP contribution in [0.1, 0.15) is 13.8 Å². The van der Waals surface area contributed by atoms with Gasteiger partial charge in [0.05, 0.1) is 18.8 Å². The molecule has 0 aromatic rings. The van der Waals surface area contributed by atoms with Crippen LogP contribution in [0.2, 0.25) is 0 Å². The number of amides is 1. The minimum absolute atomic E-state index is 0.530. The van der Waals surface area contributed by atoms with E-state index in [0.717, 1.165) is 0 Å². The maximum absolute atomic E-state index is 11.2. The molecule has 1 heterocycles. The van der Waals surface area contributed by atoms with Crippen LogP contribution in [0.25, 0.3) is 0 Å². The van der Waals surface area contributed by atoms with Crippen molar-refractivity contribution in [2.75, 3.05) is 6.61 Å². The first kappa shape index (κ1) is 18.7. The number of ether oxygens (including phenoxy) is 1. The van der Waals surface area contributed by atoms with Crippen molar-refractivity contribution in [2.24, 2.45) is 0 Å². The van der Waals surface area contributed by atoms with Gasteiger partial charge in [0, 0.05) is 6.92 Å². The van der Waals surface area contributed by atoms with Crippen LogP contribution in [-0.4, -0.2) is 86.7 Å². The van der Waals surface area contributed by atoms with E-state index < -0.39 is 61.2 Å². The highest BCUT2D eigenvalue weighted by molar-refractivity contribution is 5.74. The fraction of sp³-hybridized carbons (Fsp3) is 0.833. The van der Waals surface area contributed by atoms with Gasteiger partial charge in [-0.1, -0.05) is 0 Å². The molecule has 10 nitrogen and oxygen atoms in total. The smallest absolute Gasteiger partial charge is 0.323 e. The predicted molar refractivity (Wildman–Crippen MR) is 71.6 cm³/mol. The number of aliphatic hydroxyl groups is 4. The molecule has 1 unspecified atom stereocenters. The van der Waals surface area contributed by atoms with Crippen LogP contribution in [0, 0.1) is 0 Å². The van der Waals surface area contributed by atoms with Crippen molar-refractivity contribution in [1.29, 1.82) is 0 Å². The second-order valence-electron chi connectivity index (χ2n) is 5.21. The lowest BCUT2D eigenvalue weighted by atomic mass is 9.95. The summed E-state index contributed by atoms with van der Waals surface area (Å²) < 4.78 is 5.30. The highest BCUT2D eigenvalue weighted by Crippen LogP contribution is 2.20. The lowest BCUT2D eigenvalue weighted by Crippen LogP contribution is -2.69. The van der Waals surface area contributed by atoms with Crippen LogP contribution in [0.3, 0.4) is 0 Å². The zero-order valence-corrected chi connectivity index (χ0v) is 12.2. The number of nitrogens with one attached hydrogen (secondary N) is 2. The number of hydrogen-bond donors (Lipinski definition) is 7. The summed E-state index contributed by atoms with van der Waals surface area (Å²) in [6.07, 6.45) is -6.63. The Hall–Kier alpha value is -1.30. The van der Waals surface area contributed by atoms with E-state index in [4.69, 9.17) is 14.9 Å². The number of carboxylic acids is 1. The van der Waals surface area contributed by atoms with Crippen LogP contribution in [0.15, 0.2) is 0 Å². The van der Waals surface area contributed by atoms with Crippen LogP contribution in [0.5, 0.6) is 0 Å². The van der Waals surface area contributed by atoms with Crippen LogP contribution >= 0.6 is 0 Å². The summed E-state index contributed by atoms with van der Waals surface area (Å²) in [4.78, 5) is 22.3. The van der Waals surface area contributed by atoms with Crippen molar-refractivity contribution < 1.29 is 39.9 Å². The highest BCUT2D eigenvalue weighted by atomic mass is 16.5. The molecule has 0 bridgehead atoms. The molecule has 1 aliphatic rings. The molecular weight excluding hydrogens is 300 g/mol. The Morgan fingerprint density at radius 1 is 1.27 bits per heavy atom. The molecule has 0 saturated carbocycles. The van der Waals surface area contributed by atoms with E-state index in [0.29, 0.717) is 0 Å². The number of carbonyl (C=O) groups is 2. The van der Waals surface area contributed by atoms with E-state index in [9.17, 15) is 24.9 Å². The number of rotatable bonds is 6. The Morgan fingerprint density at radius 3 is 2.27 bits per heavy atom. The maximum Gasteiger partial charge on any atom is 0.323 e. The van der Waals surface area contributed by atoms with Gasteiger partial charge in [-0.3, -0.25) is 14.9 Å². The third-order valence-corrected chi connectivity index (χ3v) is 3.39.